The number of rotatable bonds is 3. The van der Waals surface area contributed by atoms with Gasteiger partial charge in [-0.2, -0.15) is 0 Å². The number of nitro groups is 1. The fraction of sp³-hybridized carbons (Fsp3) is 0.455. The molecule has 8 heteroatoms. The lowest BCUT2D eigenvalue weighted by molar-refractivity contribution is -0.385. The number of hydrogen-bond donors (Lipinski definition) is 2. The molecule has 104 valence electrons. The van der Waals surface area contributed by atoms with Crippen LogP contribution in [-0.4, -0.2) is 29.2 Å². The molecule has 6 nitrogen and oxygen atoms in total. The minimum atomic E-state index is -3.60. The van der Waals surface area contributed by atoms with E-state index >= 15 is 0 Å². The zero-order chi connectivity index (χ0) is 14.3. The van der Waals surface area contributed by atoms with Gasteiger partial charge in [0.25, 0.3) is 11.6 Å². The van der Waals surface area contributed by atoms with E-state index in [9.17, 15) is 18.9 Å². The number of non-ortho nitro benzene ring substituents is 1. The van der Waals surface area contributed by atoms with Crippen molar-refractivity contribution in [1.29, 1.82) is 0 Å². The van der Waals surface area contributed by atoms with E-state index in [1.54, 1.807) is 0 Å². The molecular formula is C11H12F2N2O4. The van der Waals surface area contributed by atoms with Crippen LogP contribution >= 0.6 is 0 Å². The summed E-state index contributed by atoms with van der Waals surface area (Å²) in [5.74, 6) is -3.52. The van der Waals surface area contributed by atoms with Gasteiger partial charge in [-0.25, -0.2) is 8.78 Å². The summed E-state index contributed by atoms with van der Waals surface area (Å²) in [6.07, 6.45) is -0.241. The molecule has 1 aliphatic heterocycles. The van der Waals surface area contributed by atoms with Crippen LogP contribution in [0.1, 0.15) is 12.0 Å². The Labute approximate surface area is 106 Å². The van der Waals surface area contributed by atoms with E-state index < -0.39 is 23.0 Å². The Morgan fingerprint density at radius 2 is 2.26 bits per heavy atom. The van der Waals surface area contributed by atoms with Crippen LogP contribution in [0.15, 0.2) is 18.2 Å². The van der Waals surface area contributed by atoms with Crippen molar-refractivity contribution in [1.82, 2.24) is 0 Å². The highest BCUT2D eigenvalue weighted by molar-refractivity contribution is 5.49. The normalized spacial score (nSPS) is 22.5. The van der Waals surface area contributed by atoms with Crippen molar-refractivity contribution in [2.24, 2.45) is 5.73 Å². The lowest BCUT2D eigenvalue weighted by Gasteiger charge is -2.40. The van der Waals surface area contributed by atoms with Crippen LogP contribution in [0.2, 0.25) is 0 Å². The van der Waals surface area contributed by atoms with Crippen LogP contribution in [0.5, 0.6) is 5.75 Å². The fourth-order valence-corrected chi connectivity index (χ4v) is 2.08. The molecule has 1 heterocycles. The average molecular weight is 274 g/mol. The maximum atomic E-state index is 13.8. The Kier molecular flexibility index (Phi) is 3.15. The van der Waals surface area contributed by atoms with Gasteiger partial charge in [-0.05, 0) is 6.07 Å². The van der Waals surface area contributed by atoms with E-state index in [0.29, 0.717) is 0 Å². The zero-order valence-electron chi connectivity index (χ0n) is 9.81. The monoisotopic (exact) mass is 274 g/mol. The number of hydrogen-bond acceptors (Lipinski definition) is 5. The van der Waals surface area contributed by atoms with Crippen LogP contribution in [0.4, 0.5) is 14.5 Å². The first-order chi connectivity index (χ1) is 8.82. The van der Waals surface area contributed by atoms with Crippen molar-refractivity contribution >= 4 is 5.69 Å². The summed E-state index contributed by atoms with van der Waals surface area (Å²) in [7, 11) is 0. The highest BCUT2D eigenvalue weighted by atomic mass is 19.3. The molecule has 0 unspecified atom stereocenters. The molecule has 0 spiro atoms. The van der Waals surface area contributed by atoms with Gasteiger partial charge in [-0.3, -0.25) is 10.1 Å². The second-order valence-corrected chi connectivity index (χ2v) is 4.37. The van der Waals surface area contributed by atoms with Gasteiger partial charge < -0.3 is 15.6 Å². The SMILES string of the molecule is N[C@@]1(C(F)(F)CO)CCOc2ccc([N+](=O)[O-])cc21. The average Bonchev–Trinajstić information content (AvgIpc) is 2.38. The minimum absolute atomic E-state index is 0.0447. The molecule has 0 saturated carbocycles. The Bertz CT molecular complexity index is 523. The quantitative estimate of drug-likeness (QED) is 0.636. The predicted octanol–water partition coefficient (Wildman–Crippen LogP) is 1.16. The largest absolute Gasteiger partial charge is 0.493 e. The number of ether oxygens (including phenoxy) is 1. The van der Waals surface area contributed by atoms with Crippen molar-refractivity contribution < 1.29 is 23.5 Å². The molecule has 0 aromatic heterocycles. The molecule has 2 rings (SSSR count). The van der Waals surface area contributed by atoms with Crippen molar-refractivity contribution in [3.8, 4) is 5.75 Å². The number of fused-ring (bicyclic) bond motifs is 1. The number of alkyl halides is 2. The molecule has 0 aliphatic carbocycles. The molecule has 19 heavy (non-hydrogen) atoms. The molecule has 1 aromatic carbocycles. The standard InChI is InChI=1S/C11H12F2N2O4/c12-11(13,6-16)10(14)3-4-19-9-2-1-7(15(17)18)5-8(9)10/h1-2,5,16H,3-4,6,14H2/t10-/m0/s1. The van der Waals surface area contributed by atoms with Gasteiger partial charge >= 0.3 is 0 Å². The van der Waals surface area contributed by atoms with Crippen molar-refractivity contribution in [3.05, 3.63) is 33.9 Å². The molecular weight excluding hydrogens is 262 g/mol. The van der Waals surface area contributed by atoms with Gasteiger partial charge in [0.05, 0.1) is 11.5 Å². The maximum absolute atomic E-state index is 13.8. The first-order valence-corrected chi connectivity index (χ1v) is 5.51. The van der Waals surface area contributed by atoms with Gasteiger partial charge in [-0.15, -0.1) is 0 Å². The predicted molar refractivity (Wildman–Crippen MR) is 61.1 cm³/mol. The molecule has 1 aromatic rings. The molecule has 1 atom stereocenters. The molecule has 0 fully saturated rings. The lowest BCUT2D eigenvalue weighted by atomic mass is 9.80. The summed E-state index contributed by atoms with van der Waals surface area (Å²) >= 11 is 0. The van der Waals surface area contributed by atoms with Crippen molar-refractivity contribution in [2.45, 2.75) is 17.9 Å². The van der Waals surface area contributed by atoms with Crippen LogP contribution in [0.25, 0.3) is 0 Å². The minimum Gasteiger partial charge on any atom is -0.493 e. The van der Waals surface area contributed by atoms with E-state index in [-0.39, 0.29) is 30.0 Å². The first-order valence-electron chi connectivity index (χ1n) is 5.51. The van der Waals surface area contributed by atoms with Gasteiger partial charge in [0.15, 0.2) is 0 Å². The van der Waals surface area contributed by atoms with Crippen LogP contribution < -0.4 is 10.5 Å². The number of nitrogens with zero attached hydrogens (tertiary/aromatic N) is 1. The summed E-state index contributed by atoms with van der Waals surface area (Å²) < 4.78 is 32.8. The number of halogens is 2. The zero-order valence-corrected chi connectivity index (χ0v) is 9.81. The van der Waals surface area contributed by atoms with E-state index in [1.807, 2.05) is 0 Å². The Hall–Kier alpha value is -1.80. The van der Waals surface area contributed by atoms with Crippen LogP contribution in [0, 0.1) is 10.1 Å². The Balaban J connectivity index is 2.59. The smallest absolute Gasteiger partial charge is 0.292 e. The summed E-state index contributed by atoms with van der Waals surface area (Å²) in [6, 6.07) is 3.36. The second-order valence-electron chi connectivity index (χ2n) is 4.37. The van der Waals surface area contributed by atoms with Gasteiger partial charge in [0.1, 0.15) is 17.9 Å². The van der Waals surface area contributed by atoms with E-state index in [1.165, 1.54) is 6.07 Å². The third-order valence-electron chi connectivity index (χ3n) is 3.26. The van der Waals surface area contributed by atoms with Crippen LogP contribution in [-0.2, 0) is 5.54 Å². The van der Waals surface area contributed by atoms with Crippen LogP contribution in [0.3, 0.4) is 0 Å². The second kappa shape index (κ2) is 4.39. The highest BCUT2D eigenvalue weighted by Gasteiger charge is 2.54. The number of nitrogens with two attached hydrogens (primary N) is 1. The summed E-state index contributed by atoms with van der Waals surface area (Å²) in [4.78, 5) is 10.0. The van der Waals surface area contributed by atoms with Crippen molar-refractivity contribution in [2.75, 3.05) is 13.2 Å². The third kappa shape index (κ3) is 2.02. The van der Waals surface area contributed by atoms with E-state index in [0.717, 1.165) is 12.1 Å². The highest BCUT2D eigenvalue weighted by Crippen LogP contribution is 2.45. The first kappa shape index (κ1) is 13.6. The topological polar surface area (TPSA) is 98.6 Å². The maximum Gasteiger partial charge on any atom is 0.292 e. The van der Waals surface area contributed by atoms with Crippen molar-refractivity contribution in [3.63, 3.8) is 0 Å². The summed E-state index contributed by atoms with van der Waals surface area (Å²) in [5.41, 5.74) is 3.02. The van der Waals surface area contributed by atoms with Gasteiger partial charge in [0.2, 0.25) is 0 Å². The Morgan fingerprint density at radius 3 is 2.84 bits per heavy atom. The summed E-state index contributed by atoms with van der Waals surface area (Å²) in [6.45, 7) is -1.48. The molecule has 0 bridgehead atoms. The van der Waals surface area contributed by atoms with Gasteiger partial charge in [-0.1, -0.05) is 0 Å². The lowest BCUT2D eigenvalue weighted by Crippen LogP contribution is -2.57. The molecule has 1 aliphatic rings. The number of benzene rings is 1. The van der Waals surface area contributed by atoms with E-state index in [4.69, 9.17) is 15.6 Å². The molecule has 0 saturated heterocycles. The number of nitro benzene ring substituents is 1. The number of aliphatic hydroxyl groups is 1. The van der Waals surface area contributed by atoms with Gasteiger partial charge in [0, 0.05) is 24.1 Å². The van der Waals surface area contributed by atoms with E-state index in [2.05, 4.69) is 0 Å². The fourth-order valence-electron chi connectivity index (χ4n) is 2.08. The number of aliphatic hydroxyl groups excluding tert-OH is 1. The summed E-state index contributed by atoms with van der Waals surface area (Å²) in [5, 5.41) is 19.5. The third-order valence-corrected chi connectivity index (χ3v) is 3.26. The molecule has 0 amide bonds. The Morgan fingerprint density at radius 1 is 1.58 bits per heavy atom. The molecule has 3 N–H and O–H groups in total. The molecule has 0 radical (unpaired) electrons.